The maximum absolute atomic E-state index is 11.5. The largest absolute Gasteiger partial charge is 0.345 e. The van der Waals surface area contributed by atoms with Crippen LogP contribution in [0.15, 0.2) is 5.38 Å². The van der Waals surface area contributed by atoms with Crippen LogP contribution >= 0.6 is 11.3 Å². The van der Waals surface area contributed by atoms with E-state index in [9.17, 15) is 9.59 Å². The molecule has 2 heterocycles. The lowest BCUT2D eigenvalue weighted by molar-refractivity contribution is -0.140. The van der Waals surface area contributed by atoms with Crippen molar-refractivity contribution in [3.05, 3.63) is 16.1 Å². The molecule has 0 spiro atoms. The molecule has 1 fully saturated rings. The Bertz CT molecular complexity index is 416. The van der Waals surface area contributed by atoms with Crippen LogP contribution < -0.4 is 5.32 Å². The van der Waals surface area contributed by atoms with Crippen molar-refractivity contribution in [3.63, 3.8) is 0 Å². The van der Waals surface area contributed by atoms with Crippen molar-refractivity contribution in [2.24, 2.45) is 0 Å². The van der Waals surface area contributed by atoms with Crippen LogP contribution in [0, 0.1) is 6.92 Å². The minimum Gasteiger partial charge on any atom is -0.345 e. The Labute approximate surface area is 97.5 Å². The third-order valence-corrected chi connectivity index (χ3v) is 3.25. The van der Waals surface area contributed by atoms with E-state index in [-0.39, 0.29) is 24.9 Å². The average molecular weight is 239 g/mol. The molecule has 86 valence electrons. The van der Waals surface area contributed by atoms with Gasteiger partial charge < -0.3 is 10.2 Å². The molecule has 1 N–H and O–H groups in total. The molecule has 0 unspecified atom stereocenters. The van der Waals surface area contributed by atoms with E-state index in [0.717, 1.165) is 10.7 Å². The molecule has 1 aromatic heterocycles. The molecule has 0 aromatic carbocycles. The third-order valence-electron chi connectivity index (χ3n) is 2.43. The molecular weight excluding hydrogens is 226 g/mol. The first-order valence-electron chi connectivity index (χ1n) is 5.10. The molecule has 0 radical (unpaired) electrons. The average Bonchev–Trinajstić information content (AvgIpc) is 2.66. The molecule has 16 heavy (non-hydrogen) atoms. The quantitative estimate of drug-likeness (QED) is 0.804. The van der Waals surface area contributed by atoms with Crippen molar-refractivity contribution in [1.29, 1.82) is 0 Å². The van der Waals surface area contributed by atoms with Gasteiger partial charge in [0.05, 0.1) is 23.8 Å². The Morgan fingerprint density at radius 1 is 1.56 bits per heavy atom. The van der Waals surface area contributed by atoms with Crippen molar-refractivity contribution in [1.82, 2.24) is 15.2 Å². The van der Waals surface area contributed by atoms with Crippen molar-refractivity contribution in [2.75, 3.05) is 19.6 Å². The summed E-state index contributed by atoms with van der Waals surface area (Å²) >= 11 is 1.60. The molecule has 0 bridgehead atoms. The fourth-order valence-electron chi connectivity index (χ4n) is 1.58. The first-order valence-corrected chi connectivity index (χ1v) is 5.98. The Morgan fingerprint density at radius 3 is 3.06 bits per heavy atom. The summed E-state index contributed by atoms with van der Waals surface area (Å²) in [7, 11) is 0. The van der Waals surface area contributed by atoms with Crippen LogP contribution in [0.3, 0.4) is 0 Å². The van der Waals surface area contributed by atoms with E-state index in [2.05, 4.69) is 10.3 Å². The van der Waals surface area contributed by atoms with Crippen molar-refractivity contribution in [3.8, 4) is 0 Å². The van der Waals surface area contributed by atoms with Gasteiger partial charge in [0.15, 0.2) is 0 Å². The molecule has 5 nitrogen and oxygen atoms in total. The number of hydrogen-bond donors (Lipinski definition) is 1. The highest BCUT2D eigenvalue weighted by atomic mass is 32.1. The highest BCUT2D eigenvalue weighted by Crippen LogP contribution is 2.09. The maximum Gasteiger partial charge on any atom is 0.242 e. The monoisotopic (exact) mass is 239 g/mol. The number of aryl methyl sites for hydroxylation is 1. The maximum atomic E-state index is 11.5. The smallest absolute Gasteiger partial charge is 0.242 e. The number of nitrogens with one attached hydrogen (secondary N) is 1. The summed E-state index contributed by atoms with van der Waals surface area (Å²) in [6, 6.07) is 0. The van der Waals surface area contributed by atoms with Gasteiger partial charge in [0, 0.05) is 18.3 Å². The van der Waals surface area contributed by atoms with Crippen LogP contribution in [0.25, 0.3) is 0 Å². The second-order valence-electron chi connectivity index (χ2n) is 3.70. The number of rotatable bonds is 3. The molecule has 1 aliphatic heterocycles. The molecule has 1 saturated heterocycles. The lowest BCUT2D eigenvalue weighted by atomic mass is 10.2. The van der Waals surface area contributed by atoms with E-state index in [1.807, 2.05) is 12.3 Å². The SMILES string of the molecule is Cc1nc(CCN2CC(=O)NCC2=O)cs1. The standard InChI is InChI=1S/C10H13N3O2S/c1-7-12-8(6-16-7)2-3-13-5-9(14)11-4-10(13)15/h6H,2-5H2,1H3,(H,11,14). The van der Waals surface area contributed by atoms with Crippen LogP contribution in [0.5, 0.6) is 0 Å². The van der Waals surface area contributed by atoms with Gasteiger partial charge in [0.1, 0.15) is 0 Å². The van der Waals surface area contributed by atoms with Gasteiger partial charge in [0.2, 0.25) is 11.8 Å². The second-order valence-corrected chi connectivity index (χ2v) is 4.76. The lowest BCUT2D eigenvalue weighted by Gasteiger charge is -2.26. The molecule has 1 aliphatic rings. The minimum absolute atomic E-state index is 0.0217. The minimum atomic E-state index is -0.0888. The first kappa shape index (κ1) is 11.1. The summed E-state index contributed by atoms with van der Waals surface area (Å²) in [5.74, 6) is -0.111. The highest BCUT2D eigenvalue weighted by Gasteiger charge is 2.22. The number of thiazole rings is 1. The number of carbonyl (C=O) groups is 2. The van der Waals surface area contributed by atoms with Crippen LogP contribution in [0.2, 0.25) is 0 Å². The van der Waals surface area contributed by atoms with E-state index in [1.165, 1.54) is 0 Å². The Kier molecular flexibility index (Phi) is 3.19. The number of aromatic nitrogens is 1. The molecule has 1 aromatic rings. The number of hydrogen-bond acceptors (Lipinski definition) is 4. The number of piperazine rings is 1. The molecule has 2 rings (SSSR count). The first-order chi connectivity index (χ1) is 7.65. The van der Waals surface area contributed by atoms with Gasteiger partial charge in [-0.3, -0.25) is 9.59 Å². The van der Waals surface area contributed by atoms with E-state index >= 15 is 0 Å². The number of amides is 2. The molecule has 2 amide bonds. The second kappa shape index (κ2) is 4.61. The van der Waals surface area contributed by atoms with E-state index in [1.54, 1.807) is 16.2 Å². The van der Waals surface area contributed by atoms with Crippen molar-refractivity contribution < 1.29 is 9.59 Å². The van der Waals surface area contributed by atoms with E-state index in [4.69, 9.17) is 0 Å². The normalized spacial score (nSPS) is 16.4. The van der Waals surface area contributed by atoms with Gasteiger partial charge in [-0.1, -0.05) is 0 Å². The highest BCUT2D eigenvalue weighted by molar-refractivity contribution is 7.09. The van der Waals surface area contributed by atoms with Gasteiger partial charge in [-0.25, -0.2) is 4.98 Å². The van der Waals surface area contributed by atoms with Gasteiger partial charge in [-0.2, -0.15) is 0 Å². The summed E-state index contributed by atoms with van der Waals surface area (Å²) in [4.78, 5) is 28.5. The van der Waals surface area contributed by atoms with Crippen molar-refractivity contribution >= 4 is 23.2 Å². The zero-order valence-electron chi connectivity index (χ0n) is 9.02. The summed E-state index contributed by atoms with van der Waals surface area (Å²) < 4.78 is 0. The zero-order valence-corrected chi connectivity index (χ0v) is 9.84. The lowest BCUT2D eigenvalue weighted by Crippen LogP contribution is -2.52. The van der Waals surface area contributed by atoms with Gasteiger partial charge in [0.25, 0.3) is 0 Å². The molecular formula is C10H13N3O2S. The molecule has 6 heteroatoms. The molecule has 0 aliphatic carbocycles. The fourth-order valence-corrected chi connectivity index (χ4v) is 2.23. The van der Waals surface area contributed by atoms with Crippen LogP contribution in [-0.4, -0.2) is 41.3 Å². The molecule has 0 saturated carbocycles. The van der Waals surface area contributed by atoms with Crippen LogP contribution in [0.4, 0.5) is 0 Å². The van der Waals surface area contributed by atoms with Gasteiger partial charge >= 0.3 is 0 Å². The summed E-state index contributed by atoms with van der Waals surface area (Å²) in [6.07, 6.45) is 0.712. The predicted molar refractivity (Wildman–Crippen MR) is 60.1 cm³/mol. The van der Waals surface area contributed by atoms with E-state index in [0.29, 0.717) is 13.0 Å². The van der Waals surface area contributed by atoms with Crippen LogP contribution in [0.1, 0.15) is 10.7 Å². The zero-order chi connectivity index (χ0) is 11.5. The summed E-state index contributed by atoms with van der Waals surface area (Å²) in [5, 5.41) is 5.54. The summed E-state index contributed by atoms with van der Waals surface area (Å²) in [5.41, 5.74) is 0.987. The number of carbonyl (C=O) groups excluding carboxylic acids is 2. The Balaban J connectivity index is 1.89. The van der Waals surface area contributed by atoms with Gasteiger partial charge in [-0.15, -0.1) is 11.3 Å². The Morgan fingerprint density at radius 2 is 2.38 bits per heavy atom. The van der Waals surface area contributed by atoms with Crippen molar-refractivity contribution in [2.45, 2.75) is 13.3 Å². The van der Waals surface area contributed by atoms with Gasteiger partial charge in [-0.05, 0) is 6.92 Å². The summed E-state index contributed by atoms with van der Waals surface area (Å²) in [6.45, 7) is 2.81. The fraction of sp³-hybridized carbons (Fsp3) is 0.500. The third kappa shape index (κ3) is 2.57. The predicted octanol–water partition coefficient (Wildman–Crippen LogP) is -0.0476. The Hall–Kier alpha value is -1.43. The number of nitrogens with zero attached hydrogens (tertiary/aromatic N) is 2. The topological polar surface area (TPSA) is 62.3 Å². The molecule has 0 atom stereocenters. The van der Waals surface area contributed by atoms with E-state index < -0.39 is 0 Å². The van der Waals surface area contributed by atoms with Crippen LogP contribution in [-0.2, 0) is 16.0 Å².